The van der Waals surface area contributed by atoms with Crippen molar-refractivity contribution in [3.63, 3.8) is 0 Å². The van der Waals surface area contributed by atoms with Crippen molar-refractivity contribution in [3.8, 4) is 10.6 Å². The molecule has 0 aliphatic carbocycles. The predicted molar refractivity (Wildman–Crippen MR) is 98.0 cm³/mol. The fourth-order valence-electron chi connectivity index (χ4n) is 2.84. The third-order valence-corrected chi connectivity index (χ3v) is 5.93. The van der Waals surface area contributed by atoms with E-state index in [0.717, 1.165) is 37.1 Å². The van der Waals surface area contributed by atoms with Crippen molar-refractivity contribution in [2.75, 3.05) is 39.2 Å². The van der Waals surface area contributed by atoms with Crippen LogP contribution in [0.25, 0.3) is 10.6 Å². The van der Waals surface area contributed by atoms with Gasteiger partial charge in [0.05, 0.1) is 0 Å². The molecule has 24 heavy (non-hydrogen) atoms. The van der Waals surface area contributed by atoms with Gasteiger partial charge in [0.1, 0.15) is 5.82 Å². The van der Waals surface area contributed by atoms with Crippen molar-refractivity contribution >= 4 is 32.4 Å². The number of aromatic nitrogens is 2. The Balaban J connectivity index is 1.73. The second kappa shape index (κ2) is 7.43. The van der Waals surface area contributed by atoms with E-state index in [2.05, 4.69) is 50.4 Å². The molecule has 1 aliphatic heterocycles. The molecule has 1 aliphatic rings. The van der Waals surface area contributed by atoms with Crippen LogP contribution in [0.15, 0.2) is 22.7 Å². The summed E-state index contributed by atoms with van der Waals surface area (Å²) in [6, 6.07) is 4.82. The zero-order chi connectivity index (χ0) is 17.2. The van der Waals surface area contributed by atoms with Crippen LogP contribution in [0.5, 0.6) is 0 Å². The highest BCUT2D eigenvalue weighted by molar-refractivity contribution is 9.10. The van der Waals surface area contributed by atoms with Gasteiger partial charge in [-0.15, -0.1) is 10.2 Å². The van der Waals surface area contributed by atoms with Gasteiger partial charge in [-0.25, -0.2) is 4.39 Å². The Morgan fingerprint density at radius 2 is 2.08 bits per heavy atom. The van der Waals surface area contributed by atoms with E-state index in [1.54, 1.807) is 12.1 Å². The van der Waals surface area contributed by atoms with E-state index >= 15 is 0 Å². The first-order chi connectivity index (χ1) is 11.5. The Morgan fingerprint density at radius 3 is 2.79 bits per heavy atom. The molecule has 0 amide bonds. The van der Waals surface area contributed by atoms with Gasteiger partial charge in [-0.2, -0.15) is 0 Å². The number of benzene rings is 1. The number of ether oxygens (including phenoxy) is 1. The van der Waals surface area contributed by atoms with Gasteiger partial charge in [-0.1, -0.05) is 27.3 Å². The zero-order valence-corrected chi connectivity index (χ0v) is 16.1. The molecule has 1 fully saturated rings. The Labute approximate surface area is 153 Å². The average Bonchev–Trinajstić information content (AvgIpc) is 3.05. The maximum Gasteiger partial charge on any atom is 0.206 e. The normalized spacial score (nSPS) is 17.2. The van der Waals surface area contributed by atoms with E-state index in [0.29, 0.717) is 15.7 Å². The molecule has 2 heterocycles. The van der Waals surface area contributed by atoms with Crippen molar-refractivity contribution in [1.82, 2.24) is 15.1 Å². The van der Waals surface area contributed by atoms with Crippen molar-refractivity contribution in [2.24, 2.45) is 0 Å². The third kappa shape index (κ3) is 3.77. The molecule has 0 bridgehead atoms. The molecule has 3 rings (SSSR count). The van der Waals surface area contributed by atoms with Crippen LogP contribution in [0.1, 0.15) is 12.8 Å². The number of rotatable bonds is 5. The Bertz CT molecular complexity index is 703. The molecule has 8 heteroatoms. The molecule has 0 spiro atoms. The standard InChI is InChI=1S/C16H20BrFN4OS/c1-22(2)16(5-7-23-8-6-16)10-19-15-21-20-14(24-15)12-9-11(17)3-4-13(12)18/h3-4,9H,5-8,10H2,1-2H3,(H,19,21). The molecule has 1 N–H and O–H groups in total. The fourth-order valence-corrected chi connectivity index (χ4v) is 3.96. The third-order valence-electron chi connectivity index (χ3n) is 4.52. The predicted octanol–water partition coefficient (Wildman–Crippen LogP) is 3.63. The second-order valence-electron chi connectivity index (χ2n) is 6.12. The van der Waals surface area contributed by atoms with Crippen LogP contribution in [0.3, 0.4) is 0 Å². The first-order valence-corrected chi connectivity index (χ1v) is 9.39. The lowest BCUT2D eigenvalue weighted by Gasteiger charge is -2.42. The van der Waals surface area contributed by atoms with E-state index in [1.807, 2.05) is 0 Å². The molecule has 1 aromatic carbocycles. The van der Waals surface area contributed by atoms with Gasteiger partial charge in [0.2, 0.25) is 5.13 Å². The van der Waals surface area contributed by atoms with Gasteiger partial charge < -0.3 is 15.0 Å². The number of hydrogen-bond acceptors (Lipinski definition) is 6. The summed E-state index contributed by atoms with van der Waals surface area (Å²) >= 11 is 4.73. The lowest BCUT2D eigenvalue weighted by atomic mass is 9.89. The monoisotopic (exact) mass is 414 g/mol. The van der Waals surface area contributed by atoms with Crippen LogP contribution in [0, 0.1) is 5.82 Å². The summed E-state index contributed by atoms with van der Waals surface area (Å²) in [6.45, 7) is 2.30. The van der Waals surface area contributed by atoms with Crippen LogP contribution in [0.2, 0.25) is 0 Å². The number of nitrogens with one attached hydrogen (secondary N) is 1. The Morgan fingerprint density at radius 1 is 1.33 bits per heavy atom. The SMILES string of the molecule is CN(C)C1(CNc2nnc(-c3cc(Br)ccc3F)s2)CCOCC1. The van der Waals surface area contributed by atoms with Gasteiger partial charge in [0.25, 0.3) is 0 Å². The van der Waals surface area contributed by atoms with Crippen LogP contribution in [-0.4, -0.2) is 54.5 Å². The minimum Gasteiger partial charge on any atom is -0.381 e. The number of likely N-dealkylation sites (N-methyl/N-ethyl adjacent to an activating group) is 1. The summed E-state index contributed by atoms with van der Waals surface area (Å²) in [5, 5.41) is 12.9. The summed E-state index contributed by atoms with van der Waals surface area (Å²) in [7, 11) is 4.19. The van der Waals surface area contributed by atoms with Crippen LogP contribution < -0.4 is 5.32 Å². The number of nitrogens with zero attached hydrogens (tertiary/aromatic N) is 3. The fraction of sp³-hybridized carbons (Fsp3) is 0.500. The highest BCUT2D eigenvalue weighted by atomic mass is 79.9. The van der Waals surface area contributed by atoms with Crippen molar-refractivity contribution in [3.05, 3.63) is 28.5 Å². The van der Waals surface area contributed by atoms with Crippen molar-refractivity contribution in [2.45, 2.75) is 18.4 Å². The van der Waals surface area contributed by atoms with Gasteiger partial charge in [-0.05, 0) is 45.1 Å². The van der Waals surface area contributed by atoms with Crippen LogP contribution >= 0.6 is 27.3 Å². The maximum absolute atomic E-state index is 14.0. The van der Waals surface area contributed by atoms with E-state index in [4.69, 9.17) is 4.74 Å². The molecular weight excluding hydrogens is 395 g/mol. The smallest absolute Gasteiger partial charge is 0.206 e. The molecular formula is C16H20BrFN4OS. The molecule has 1 saturated heterocycles. The minimum atomic E-state index is -0.296. The van der Waals surface area contributed by atoms with Gasteiger partial charge >= 0.3 is 0 Å². The van der Waals surface area contributed by atoms with E-state index < -0.39 is 0 Å². The molecule has 130 valence electrons. The van der Waals surface area contributed by atoms with Gasteiger partial charge in [-0.3, -0.25) is 0 Å². The summed E-state index contributed by atoms with van der Waals surface area (Å²) < 4.78 is 20.3. The highest BCUT2D eigenvalue weighted by Crippen LogP contribution is 2.32. The molecule has 0 radical (unpaired) electrons. The Kier molecular flexibility index (Phi) is 5.49. The topological polar surface area (TPSA) is 50.3 Å². The Hall–Kier alpha value is -1.09. The molecule has 1 aromatic heterocycles. The van der Waals surface area contributed by atoms with E-state index in [-0.39, 0.29) is 11.4 Å². The van der Waals surface area contributed by atoms with Crippen LogP contribution in [0.4, 0.5) is 9.52 Å². The van der Waals surface area contributed by atoms with Gasteiger partial charge in [0.15, 0.2) is 5.01 Å². The molecule has 0 saturated carbocycles. The second-order valence-corrected chi connectivity index (χ2v) is 8.01. The molecule has 5 nitrogen and oxygen atoms in total. The summed E-state index contributed by atoms with van der Waals surface area (Å²) in [5.74, 6) is -0.296. The largest absolute Gasteiger partial charge is 0.381 e. The number of hydrogen-bond donors (Lipinski definition) is 1. The van der Waals surface area contributed by atoms with Crippen molar-refractivity contribution in [1.29, 1.82) is 0 Å². The quantitative estimate of drug-likeness (QED) is 0.809. The van der Waals surface area contributed by atoms with E-state index in [1.165, 1.54) is 17.4 Å². The lowest BCUT2D eigenvalue weighted by Crippen LogP contribution is -2.53. The summed E-state index contributed by atoms with van der Waals surface area (Å²) in [5.41, 5.74) is 0.508. The summed E-state index contributed by atoms with van der Waals surface area (Å²) in [6.07, 6.45) is 1.94. The average molecular weight is 415 g/mol. The molecule has 0 unspecified atom stereocenters. The zero-order valence-electron chi connectivity index (χ0n) is 13.7. The molecule has 2 aromatic rings. The maximum atomic E-state index is 14.0. The minimum absolute atomic E-state index is 0.0467. The van der Waals surface area contributed by atoms with E-state index in [9.17, 15) is 4.39 Å². The first-order valence-electron chi connectivity index (χ1n) is 7.78. The first kappa shape index (κ1) is 17.7. The molecule has 0 atom stereocenters. The van der Waals surface area contributed by atoms with Gasteiger partial charge in [0, 0.05) is 35.3 Å². The summed E-state index contributed by atoms with van der Waals surface area (Å²) in [4.78, 5) is 2.25. The lowest BCUT2D eigenvalue weighted by molar-refractivity contribution is -0.000634. The number of anilines is 1. The number of halogens is 2. The van der Waals surface area contributed by atoms with Crippen molar-refractivity contribution < 1.29 is 9.13 Å². The van der Waals surface area contributed by atoms with Crippen LogP contribution in [-0.2, 0) is 4.74 Å². The highest BCUT2D eigenvalue weighted by Gasteiger charge is 2.34.